The normalized spacial score (nSPS) is 17.4. The monoisotopic (exact) mass is 573 g/mol. The van der Waals surface area contributed by atoms with E-state index in [1.54, 1.807) is 31.4 Å². The summed E-state index contributed by atoms with van der Waals surface area (Å²) < 4.78 is 5.17. The molecule has 0 aliphatic carbocycles. The number of carbonyl (C=O) groups is 3. The number of nitrogens with zero attached hydrogens (tertiary/aromatic N) is 4. The smallest absolute Gasteiger partial charge is 0.306 e. The van der Waals surface area contributed by atoms with Gasteiger partial charge in [0.2, 0.25) is 0 Å². The van der Waals surface area contributed by atoms with E-state index in [9.17, 15) is 19.5 Å². The van der Waals surface area contributed by atoms with E-state index in [2.05, 4.69) is 20.5 Å². The van der Waals surface area contributed by atoms with Crippen LogP contribution >= 0.6 is 0 Å². The van der Waals surface area contributed by atoms with Crippen LogP contribution in [0, 0.1) is 5.92 Å². The molecule has 42 heavy (non-hydrogen) atoms. The Morgan fingerprint density at radius 3 is 2.33 bits per heavy atom. The molecule has 0 spiro atoms. The van der Waals surface area contributed by atoms with Crippen LogP contribution in [-0.2, 0) is 4.79 Å². The number of piperidine rings is 2. The Hall–Kier alpha value is -4.87. The first kappa shape index (κ1) is 28.7. The first-order chi connectivity index (χ1) is 20.3. The molecule has 220 valence electrons. The minimum absolute atomic E-state index is 0.0277. The van der Waals surface area contributed by atoms with Gasteiger partial charge in [-0.3, -0.25) is 14.4 Å². The van der Waals surface area contributed by atoms with E-state index in [0.29, 0.717) is 55.3 Å². The number of aromatic nitrogens is 2. The molecule has 5 rings (SSSR count). The van der Waals surface area contributed by atoms with Crippen molar-refractivity contribution in [1.82, 2.24) is 15.3 Å². The highest BCUT2D eigenvalue weighted by Gasteiger charge is 2.26. The molecule has 2 fully saturated rings. The quantitative estimate of drug-likeness (QED) is 0.299. The van der Waals surface area contributed by atoms with Gasteiger partial charge in [0, 0.05) is 49.2 Å². The predicted octanol–water partition coefficient (Wildman–Crippen LogP) is 3.03. The van der Waals surface area contributed by atoms with E-state index < -0.39 is 11.9 Å². The predicted molar refractivity (Wildman–Crippen MR) is 159 cm³/mol. The molecule has 5 N–H and O–H groups in total. The molecule has 3 heterocycles. The molecule has 12 nitrogen and oxygen atoms in total. The van der Waals surface area contributed by atoms with Crippen molar-refractivity contribution < 1.29 is 24.2 Å². The fourth-order valence-electron chi connectivity index (χ4n) is 5.39. The lowest BCUT2D eigenvalue weighted by Gasteiger charge is -2.34. The molecule has 2 aliphatic heterocycles. The highest BCUT2D eigenvalue weighted by molar-refractivity contribution is 5.96. The number of benzene rings is 2. The van der Waals surface area contributed by atoms with Crippen molar-refractivity contribution in [3.63, 3.8) is 0 Å². The molecule has 2 aliphatic rings. The average Bonchev–Trinajstić information content (AvgIpc) is 3.01. The van der Waals surface area contributed by atoms with Crippen LogP contribution in [0.1, 0.15) is 46.5 Å². The van der Waals surface area contributed by atoms with Crippen molar-refractivity contribution in [2.24, 2.45) is 11.7 Å². The van der Waals surface area contributed by atoms with Crippen molar-refractivity contribution in [1.29, 1.82) is 0 Å². The highest BCUT2D eigenvalue weighted by Crippen LogP contribution is 2.27. The number of amides is 2. The van der Waals surface area contributed by atoms with E-state index in [1.807, 2.05) is 29.2 Å². The van der Waals surface area contributed by atoms with Gasteiger partial charge in [-0.25, -0.2) is 9.97 Å². The molecule has 0 saturated carbocycles. The Morgan fingerprint density at radius 1 is 0.976 bits per heavy atom. The van der Waals surface area contributed by atoms with Crippen LogP contribution in [0.15, 0.2) is 54.7 Å². The van der Waals surface area contributed by atoms with E-state index in [4.69, 9.17) is 15.5 Å². The number of carbonyl (C=O) groups excluding carboxylic acids is 2. The summed E-state index contributed by atoms with van der Waals surface area (Å²) in [5.74, 6) is -0.370. The van der Waals surface area contributed by atoms with Crippen LogP contribution in [0.2, 0.25) is 0 Å². The number of ether oxygens (including phenoxy) is 1. The second-order valence-electron chi connectivity index (χ2n) is 10.5. The number of nitrogens with one attached hydrogen (secondary N) is 2. The molecule has 1 unspecified atom stereocenters. The fraction of sp³-hybridized carbons (Fsp3) is 0.367. The summed E-state index contributed by atoms with van der Waals surface area (Å²) in [4.78, 5) is 49.4. The molecule has 0 bridgehead atoms. The van der Waals surface area contributed by atoms with Crippen molar-refractivity contribution in [2.75, 3.05) is 48.4 Å². The second kappa shape index (κ2) is 12.8. The zero-order chi connectivity index (χ0) is 29.6. The van der Waals surface area contributed by atoms with Crippen molar-refractivity contribution in [3.05, 3.63) is 66.0 Å². The lowest BCUT2D eigenvalue weighted by atomic mass is 9.97. The number of aliphatic carboxylic acids is 1. The van der Waals surface area contributed by atoms with Crippen LogP contribution in [0.3, 0.4) is 0 Å². The maximum Gasteiger partial charge on any atom is 0.306 e. The third-order valence-corrected chi connectivity index (χ3v) is 7.77. The molecule has 2 amide bonds. The van der Waals surface area contributed by atoms with Crippen molar-refractivity contribution >= 4 is 40.8 Å². The molecule has 1 atom stereocenters. The summed E-state index contributed by atoms with van der Waals surface area (Å²) in [7, 11) is 1.58. The van der Waals surface area contributed by atoms with Gasteiger partial charge in [-0.05, 0) is 74.2 Å². The summed E-state index contributed by atoms with van der Waals surface area (Å²) in [5, 5.41) is 15.5. The number of hydrogen-bond donors (Lipinski definition) is 4. The van der Waals surface area contributed by atoms with Gasteiger partial charge in [0.15, 0.2) is 11.5 Å². The first-order valence-electron chi connectivity index (χ1n) is 14.0. The molecule has 1 aromatic heterocycles. The number of rotatable bonds is 9. The summed E-state index contributed by atoms with van der Waals surface area (Å²) in [6, 6.07) is 14.5. The summed E-state index contributed by atoms with van der Waals surface area (Å²) in [6.07, 6.45) is 4.44. The fourth-order valence-corrected chi connectivity index (χ4v) is 5.39. The summed E-state index contributed by atoms with van der Waals surface area (Å²) in [6.45, 7) is 2.63. The molecular formula is C30H35N7O5. The number of primary amides is 1. The van der Waals surface area contributed by atoms with Crippen LogP contribution in [-0.4, -0.2) is 72.2 Å². The highest BCUT2D eigenvalue weighted by atomic mass is 16.5. The number of methoxy groups -OCH3 is 1. The lowest BCUT2D eigenvalue weighted by molar-refractivity contribution is -0.142. The molecule has 3 aromatic rings. The van der Waals surface area contributed by atoms with E-state index >= 15 is 0 Å². The average molecular weight is 574 g/mol. The van der Waals surface area contributed by atoms with E-state index in [1.165, 1.54) is 6.20 Å². The Labute approximate surface area is 243 Å². The molecule has 2 aromatic carbocycles. The third-order valence-electron chi connectivity index (χ3n) is 7.77. The van der Waals surface area contributed by atoms with E-state index in [-0.39, 0.29) is 29.4 Å². The number of nitrogens with two attached hydrogens (primary N) is 1. The Balaban J connectivity index is 1.25. The minimum atomic E-state index is -0.735. The maximum atomic E-state index is 12.8. The number of hydrogen-bond acceptors (Lipinski definition) is 9. The molecule has 2 saturated heterocycles. The van der Waals surface area contributed by atoms with Crippen molar-refractivity contribution in [3.8, 4) is 5.75 Å². The Kier molecular flexibility index (Phi) is 8.70. The topological polar surface area (TPSA) is 163 Å². The second-order valence-corrected chi connectivity index (χ2v) is 10.5. The summed E-state index contributed by atoms with van der Waals surface area (Å²) in [5.41, 5.74) is 7.89. The van der Waals surface area contributed by atoms with Gasteiger partial charge in [0.25, 0.3) is 11.8 Å². The lowest BCUT2D eigenvalue weighted by Crippen LogP contribution is -2.48. The van der Waals surface area contributed by atoms with Gasteiger partial charge >= 0.3 is 5.97 Å². The van der Waals surface area contributed by atoms with Crippen LogP contribution in [0.25, 0.3) is 0 Å². The molecular weight excluding hydrogens is 538 g/mol. The SMILES string of the molecule is COc1ccc(C(=O)NC2CCCN(c3cnc(C(N)=O)c(Nc4ccc(N5CCC(C(=O)O)CC5)cc4)n3)C2)cc1. The zero-order valence-corrected chi connectivity index (χ0v) is 23.5. The van der Waals surface area contributed by atoms with E-state index in [0.717, 1.165) is 25.1 Å². The first-order valence-corrected chi connectivity index (χ1v) is 14.0. The van der Waals surface area contributed by atoms with Gasteiger partial charge in [0.1, 0.15) is 11.6 Å². The van der Waals surface area contributed by atoms with Crippen LogP contribution < -0.4 is 30.9 Å². The molecule has 0 radical (unpaired) electrons. The van der Waals surface area contributed by atoms with Gasteiger partial charge in [-0.1, -0.05) is 0 Å². The Bertz CT molecular complexity index is 1420. The van der Waals surface area contributed by atoms with Crippen LogP contribution in [0.5, 0.6) is 5.75 Å². The number of carboxylic acid groups (broad SMARTS) is 1. The zero-order valence-electron chi connectivity index (χ0n) is 23.5. The minimum Gasteiger partial charge on any atom is -0.497 e. The third kappa shape index (κ3) is 6.70. The van der Waals surface area contributed by atoms with Crippen LogP contribution in [0.4, 0.5) is 23.0 Å². The number of anilines is 4. The maximum absolute atomic E-state index is 12.8. The standard InChI is InChI=1S/C30H35N7O5/c1-42-24-10-4-19(5-11-24)29(39)34-22-3-2-14-37(18-22)25-17-32-26(27(31)38)28(35-25)33-21-6-8-23(9-7-21)36-15-12-20(13-16-36)30(40)41/h4-11,17,20,22H,2-3,12-16,18H2,1H3,(H2,31,38)(H,33,35)(H,34,39)(H,40,41). The largest absolute Gasteiger partial charge is 0.497 e. The van der Waals surface area contributed by atoms with Gasteiger partial charge in [0.05, 0.1) is 19.2 Å². The number of carboxylic acids is 1. The molecule has 12 heteroatoms. The summed E-state index contributed by atoms with van der Waals surface area (Å²) >= 11 is 0. The van der Waals surface area contributed by atoms with Crippen molar-refractivity contribution in [2.45, 2.75) is 31.7 Å². The Morgan fingerprint density at radius 2 is 1.69 bits per heavy atom. The van der Waals surface area contributed by atoms with Gasteiger partial charge < -0.3 is 36.0 Å². The van der Waals surface area contributed by atoms with Gasteiger partial charge in [-0.2, -0.15) is 0 Å². The van der Waals surface area contributed by atoms with Gasteiger partial charge in [-0.15, -0.1) is 0 Å².